The summed E-state index contributed by atoms with van der Waals surface area (Å²) in [6.07, 6.45) is 5.32. The lowest BCUT2D eigenvalue weighted by Gasteiger charge is -2.35. The lowest BCUT2D eigenvalue weighted by atomic mass is 9.97. The zero-order valence-corrected chi connectivity index (χ0v) is 16.7. The van der Waals surface area contributed by atoms with Crippen LogP contribution in [0, 0.1) is 11.7 Å². The summed E-state index contributed by atoms with van der Waals surface area (Å²) in [6, 6.07) is 5.48. The van der Waals surface area contributed by atoms with Crippen molar-refractivity contribution in [3.63, 3.8) is 0 Å². The predicted molar refractivity (Wildman–Crippen MR) is 111 cm³/mol. The number of guanidine groups is 1. The van der Waals surface area contributed by atoms with E-state index in [9.17, 15) is 4.39 Å². The van der Waals surface area contributed by atoms with E-state index in [1.807, 2.05) is 6.20 Å². The highest BCUT2D eigenvalue weighted by molar-refractivity contribution is 5.83. The summed E-state index contributed by atoms with van der Waals surface area (Å²) in [4.78, 5) is 10.1. The van der Waals surface area contributed by atoms with Crippen molar-refractivity contribution in [2.75, 3.05) is 33.2 Å². The molecule has 27 heavy (non-hydrogen) atoms. The Morgan fingerprint density at radius 2 is 2.22 bits per heavy atom. The molecule has 1 saturated heterocycles. The fourth-order valence-electron chi connectivity index (χ4n) is 3.87. The van der Waals surface area contributed by atoms with Crippen LogP contribution < -0.4 is 10.6 Å². The van der Waals surface area contributed by atoms with Crippen molar-refractivity contribution in [3.8, 4) is 0 Å². The van der Waals surface area contributed by atoms with Crippen LogP contribution >= 0.6 is 0 Å². The molecule has 1 aromatic carbocycles. The van der Waals surface area contributed by atoms with Crippen molar-refractivity contribution in [1.29, 1.82) is 0 Å². The molecule has 2 heterocycles. The number of H-pyrrole nitrogens is 1. The number of aromatic nitrogens is 1. The molecule has 0 radical (unpaired) electrons. The molecule has 1 atom stereocenters. The van der Waals surface area contributed by atoms with Crippen molar-refractivity contribution < 1.29 is 4.39 Å². The summed E-state index contributed by atoms with van der Waals surface area (Å²) in [7, 11) is 1.80. The second-order valence-electron chi connectivity index (χ2n) is 7.73. The van der Waals surface area contributed by atoms with Crippen LogP contribution in [0.2, 0.25) is 0 Å². The zero-order chi connectivity index (χ0) is 19.2. The molecule has 5 nitrogen and oxygen atoms in total. The van der Waals surface area contributed by atoms with E-state index in [-0.39, 0.29) is 5.82 Å². The molecule has 3 rings (SSSR count). The summed E-state index contributed by atoms with van der Waals surface area (Å²) in [5.74, 6) is 1.30. The lowest BCUT2D eigenvalue weighted by Crippen LogP contribution is -2.46. The number of rotatable bonds is 6. The second-order valence-corrected chi connectivity index (χ2v) is 7.73. The molecule has 1 fully saturated rings. The van der Waals surface area contributed by atoms with E-state index in [2.05, 4.69) is 39.4 Å². The number of aliphatic imine (C=N–C) groups is 1. The van der Waals surface area contributed by atoms with Gasteiger partial charge in [-0.05, 0) is 69.3 Å². The van der Waals surface area contributed by atoms with E-state index >= 15 is 0 Å². The Hall–Kier alpha value is -2.08. The predicted octanol–water partition coefficient (Wildman–Crippen LogP) is 3.13. The van der Waals surface area contributed by atoms with Gasteiger partial charge in [-0.15, -0.1) is 0 Å². The third-order valence-electron chi connectivity index (χ3n) is 5.48. The molecule has 1 unspecified atom stereocenters. The molecule has 2 aromatic rings. The van der Waals surface area contributed by atoms with Crippen molar-refractivity contribution in [3.05, 3.63) is 35.8 Å². The van der Waals surface area contributed by atoms with Gasteiger partial charge in [-0.3, -0.25) is 4.99 Å². The first-order chi connectivity index (χ1) is 13.1. The number of likely N-dealkylation sites (tertiary alicyclic amines) is 1. The van der Waals surface area contributed by atoms with Crippen LogP contribution in [0.15, 0.2) is 29.4 Å². The SMILES string of the molecule is CN=C(NCCc1c[nH]c2ccc(F)cc12)NCC1CCCN(C(C)C)C1. The highest BCUT2D eigenvalue weighted by Gasteiger charge is 2.21. The Morgan fingerprint density at radius 3 is 3.00 bits per heavy atom. The number of hydrogen-bond donors (Lipinski definition) is 3. The number of hydrogen-bond acceptors (Lipinski definition) is 2. The van der Waals surface area contributed by atoms with Gasteiger partial charge in [-0.2, -0.15) is 0 Å². The van der Waals surface area contributed by atoms with Crippen LogP contribution in [0.1, 0.15) is 32.3 Å². The van der Waals surface area contributed by atoms with E-state index in [0.29, 0.717) is 12.0 Å². The third kappa shape index (κ3) is 5.22. The quantitative estimate of drug-likeness (QED) is 0.539. The van der Waals surface area contributed by atoms with Gasteiger partial charge in [-0.1, -0.05) is 0 Å². The third-order valence-corrected chi connectivity index (χ3v) is 5.48. The first-order valence-electron chi connectivity index (χ1n) is 10.0. The number of fused-ring (bicyclic) bond motifs is 1. The minimum atomic E-state index is -0.197. The van der Waals surface area contributed by atoms with E-state index in [4.69, 9.17) is 0 Å². The maximum atomic E-state index is 13.5. The molecule has 0 saturated carbocycles. The molecule has 3 N–H and O–H groups in total. The van der Waals surface area contributed by atoms with Crippen molar-refractivity contribution >= 4 is 16.9 Å². The molecule has 148 valence electrons. The Labute approximate surface area is 161 Å². The number of nitrogens with zero attached hydrogens (tertiary/aromatic N) is 2. The van der Waals surface area contributed by atoms with Gasteiger partial charge in [-0.25, -0.2) is 4.39 Å². The molecule has 0 spiro atoms. The number of aromatic amines is 1. The van der Waals surface area contributed by atoms with Gasteiger partial charge >= 0.3 is 0 Å². The number of nitrogens with one attached hydrogen (secondary N) is 3. The lowest BCUT2D eigenvalue weighted by molar-refractivity contribution is 0.141. The average Bonchev–Trinajstić information content (AvgIpc) is 3.06. The first-order valence-corrected chi connectivity index (χ1v) is 10.0. The van der Waals surface area contributed by atoms with Crippen LogP contribution in [0.25, 0.3) is 10.9 Å². The summed E-state index contributed by atoms with van der Waals surface area (Å²) < 4.78 is 13.5. The molecule has 0 amide bonds. The molecular formula is C21H32FN5. The molecule has 1 aromatic heterocycles. The fourth-order valence-corrected chi connectivity index (χ4v) is 3.87. The Bertz CT molecular complexity index is 767. The monoisotopic (exact) mass is 373 g/mol. The number of piperidine rings is 1. The topological polar surface area (TPSA) is 55.5 Å². The maximum absolute atomic E-state index is 13.5. The minimum absolute atomic E-state index is 0.197. The van der Waals surface area contributed by atoms with Crippen LogP contribution in [-0.2, 0) is 6.42 Å². The molecular weight excluding hydrogens is 341 g/mol. The zero-order valence-electron chi connectivity index (χ0n) is 16.7. The Morgan fingerprint density at radius 1 is 1.37 bits per heavy atom. The van der Waals surface area contributed by atoms with Crippen molar-refractivity contribution in [2.45, 2.75) is 39.2 Å². The summed E-state index contributed by atoms with van der Waals surface area (Å²) in [6.45, 7) is 8.61. The Kier molecular flexibility index (Phi) is 6.72. The van der Waals surface area contributed by atoms with Crippen LogP contribution in [-0.4, -0.2) is 55.1 Å². The smallest absolute Gasteiger partial charge is 0.190 e. The normalized spacial score (nSPS) is 19.0. The van der Waals surface area contributed by atoms with E-state index in [0.717, 1.165) is 48.5 Å². The molecule has 6 heteroatoms. The van der Waals surface area contributed by atoms with E-state index in [1.54, 1.807) is 19.2 Å². The highest BCUT2D eigenvalue weighted by atomic mass is 19.1. The molecule has 1 aliphatic rings. The largest absolute Gasteiger partial charge is 0.361 e. The number of halogens is 1. The maximum Gasteiger partial charge on any atom is 0.190 e. The van der Waals surface area contributed by atoms with Gasteiger partial charge in [0.1, 0.15) is 5.82 Å². The highest BCUT2D eigenvalue weighted by Crippen LogP contribution is 2.20. The van der Waals surface area contributed by atoms with Crippen molar-refractivity contribution in [2.24, 2.45) is 10.9 Å². The van der Waals surface area contributed by atoms with Gasteiger partial charge in [0.25, 0.3) is 0 Å². The first kappa shape index (κ1) is 19.7. The summed E-state index contributed by atoms with van der Waals surface area (Å²) >= 11 is 0. The fraction of sp³-hybridized carbons (Fsp3) is 0.571. The summed E-state index contributed by atoms with van der Waals surface area (Å²) in [5.41, 5.74) is 2.09. The van der Waals surface area contributed by atoms with Gasteiger partial charge in [0, 0.05) is 49.8 Å². The van der Waals surface area contributed by atoms with E-state index < -0.39 is 0 Å². The van der Waals surface area contributed by atoms with Gasteiger partial charge < -0.3 is 20.5 Å². The standard InChI is InChI=1S/C21H32FN5/c1-15(2)27-10-4-5-16(14-27)12-26-21(23-3)24-9-8-17-13-25-20-7-6-18(22)11-19(17)20/h6-7,11,13,15-16,25H,4-5,8-10,12,14H2,1-3H3,(H2,23,24,26). The van der Waals surface area contributed by atoms with Crippen LogP contribution in [0.5, 0.6) is 0 Å². The van der Waals surface area contributed by atoms with E-state index in [1.165, 1.54) is 25.5 Å². The second kappa shape index (κ2) is 9.22. The van der Waals surface area contributed by atoms with Gasteiger partial charge in [0.15, 0.2) is 5.96 Å². The number of benzene rings is 1. The molecule has 0 aliphatic carbocycles. The van der Waals surface area contributed by atoms with Crippen LogP contribution in [0.3, 0.4) is 0 Å². The minimum Gasteiger partial charge on any atom is -0.361 e. The Balaban J connectivity index is 1.46. The molecule has 0 bridgehead atoms. The van der Waals surface area contributed by atoms with Crippen molar-refractivity contribution in [1.82, 2.24) is 20.5 Å². The molecule has 1 aliphatic heterocycles. The summed E-state index contributed by atoms with van der Waals surface area (Å²) in [5, 5.41) is 7.80. The van der Waals surface area contributed by atoms with Crippen LogP contribution in [0.4, 0.5) is 4.39 Å². The average molecular weight is 374 g/mol. The van der Waals surface area contributed by atoms with Gasteiger partial charge in [0.05, 0.1) is 0 Å². The van der Waals surface area contributed by atoms with Gasteiger partial charge in [0.2, 0.25) is 0 Å².